The minimum atomic E-state index is -0.833. The Kier molecular flexibility index (Phi) is 8.33. The molecule has 0 heterocycles. The molecule has 0 aliphatic heterocycles. The number of amides is 1. The zero-order valence-electron chi connectivity index (χ0n) is 17.2. The fourth-order valence-corrected chi connectivity index (χ4v) is 3.57. The van der Waals surface area contributed by atoms with Crippen molar-refractivity contribution in [2.75, 3.05) is 5.32 Å². The largest absolute Gasteiger partial charge is 0.423 e. The van der Waals surface area contributed by atoms with Crippen molar-refractivity contribution in [2.24, 2.45) is 0 Å². The van der Waals surface area contributed by atoms with Crippen molar-refractivity contribution in [1.29, 1.82) is 5.26 Å². The number of ether oxygens (including phenoxy) is 1. The molecule has 0 saturated carbocycles. The number of nitriles is 1. The third-order valence-electron chi connectivity index (χ3n) is 4.40. The third-order valence-corrected chi connectivity index (χ3v) is 5.73. The maximum absolute atomic E-state index is 12.5. The number of halogens is 4. The van der Waals surface area contributed by atoms with E-state index in [-0.39, 0.29) is 43.3 Å². The second-order valence-electron chi connectivity index (χ2n) is 6.75. The Labute approximate surface area is 218 Å². The van der Waals surface area contributed by atoms with E-state index in [1.807, 2.05) is 0 Å². The van der Waals surface area contributed by atoms with E-state index in [4.69, 9.17) is 51.1 Å². The van der Waals surface area contributed by atoms with Gasteiger partial charge in [0.1, 0.15) is 17.4 Å². The molecule has 0 radical (unpaired) electrons. The van der Waals surface area contributed by atoms with Crippen LogP contribution in [0.25, 0.3) is 6.08 Å². The second kappa shape index (κ2) is 11.2. The Hall–Kier alpha value is -3.61. The summed E-state index contributed by atoms with van der Waals surface area (Å²) in [6.07, 6.45) is 1.28. The maximum atomic E-state index is 12.5. The number of anilines is 1. The molecular formula is C23H11Cl4N3O5. The van der Waals surface area contributed by atoms with E-state index in [0.29, 0.717) is 10.6 Å². The normalized spacial score (nSPS) is 10.9. The molecule has 0 aliphatic rings. The first-order chi connectivity index (χ1) is 16.6. The highest BCUT2D eigenvalue weighted by atomic mass is 35.5. The van der Waals surface area contributed by atoms with E-state index in [1.165, 1.54) is 48.5 Å². The number of esters is 1. The van der Waals surface area contributed by atoms with Crippen molar-refractivity contribution in [2.45, 2.75) is 0 Å². The van der Waals surface area contributed by atoms with Crippen LogP contribution >= 0.6 is 46.4 Å². The predicted molar refractivity (Wildman–Crippen MR) is 133 cm³/mol. The average molecular weight is 551 g/mol. The van der Waals surface area contributed by atoms with Crippen molar-refractivity contribution in [3.05, 3.63) is 102 Å². The van der Waals surface area contributed by atoms with Gasteiger partial charge in [0, 0.05) is 12.1 Å². The number of benzene rings is 3. The van der Waals surface area contributed by atoms with Gasteiger partial charge in [0.15, 0.2) is 0 Å². The standard InChI is InChI=1S/C23H11Cl4N3O5/c24-17-6-3-13(8-18(17)25)23(32)35-16-4-1-12(2-5-16)7-14(11-28)22(31)29-21-19(26)9-15(30(33)34)10-20(21)27/h1-10H,(H,29,31)/b14-7+. The van der Waals surface area contributed by atoms with Crippen LogP contribution in [0.1, 0.15) is 15.9 Å². The van der Waals surface area contributed by atoms with Crippen molar-refractivity contribution in [3.63, 3.8) is 0 Å². The van der Waals surface area contributed by atoms with Crippen LogP contribution in [0.15, 0.2) is 60.2 Å². The number of carbonyl (C=O) groups is 2. The van der Waals surface area contributed by atoms with Crippen molar-refractivity contribution >= 4 is 75.7 Å². The van der Waals surface area contributed by atoms with Gasteiger partial charge in [0.25, 0.3) is 11.6 Å². The number of nitro benzene ring substituents is 1. The third kappa shape index (κ3) is 6.50. The van der Waals surface area contributed by atoms with Gasteiger partial charge >= 0.3 is 5.97 Å². The monoisotopic (exact) mass is 549 g/mol. The molecule has 8 nitrogen and oxygen atoms in total. The van der Waals surface area contributed by atoms with Crippen LogP contribution in [0.4, 0.5) is 11.4 Å². The van der Waals surface area contributed by atoms with E-state index < -0.39 is 16.8 Å². The summed E-state index contributed by atoms with van der Waals surface area (Å²) in [5.41, 5.74) is -0.0676. The van der Waals surface area contributed by atoms with Crippen molar-refractivity contribution in [1.82, 2.24) is 0 Å². The maximum Gasteiger partial charge on any atom is 0.343 e. The summed E-state index contributed by atoms with van der Waals surface area (Å²) in [4.78, 5) is 35.0. The van der Waals surface area contributed by atoms with E-state index in [9.17, 15) is 25.0 Å². The Balaban J connectivity index is 1.74. The average Bonchev–Trinajstić information content (AvgIpc) is 2.82. The molecule has 0 aromatic heterocycles. The summed E-state index contributed by atoms with van der Waals surface area (Å²) in [7, 11) is 0. The highest BCUT2D eigenvalue weighted by Crippen LogP contribution is 2.35. The summed E-state index contributed by atoms with van der Waals surface area (Å²) in [6.45, 7) is 0. The highest BCUT2D eigenvalue weighted by molar-refractivity contribution is 6.42. The molecule has 1 N–H and O–H groups in total. The van der Waals surface area contributed by atoms with Crippen LogP contribution in [-0.2, 0) is 4.79 Å². The van der Waals surface area contributed by atoms with Crippen LogP contribution in [0.5, 0.6) is 5.75 Å². The fraction of sp³-hybridized carbons (Fsp3) is 0. The number of nitro groups is 1. The fourth-order valence-electron chi connectivity index (χ4n) is 2.70. The zero-order chi connectivity index (χ0) is 25.7. The van der Waals surface area contributed by atoms with Gasteiger partial charge in [-0.25, -0.2) is 4.79 Å². The van der Waals surface area contributed by atoms with Crippen LogP contribution in [0, 0.1) is 21.4 Å². The van der Waals surface area contributed by atoms with Gasteiger partial charge < -0.3 is 10.1 Å². The van der Waals surface area contributed by atoms with Crippen molar-refractivity contribution in [3.8, 4) is 11.8 Å². The van der Waals surface area contributed by atoms with E-state index in [1.54, 1.807) is 6.07 Å². The van der Waals surface area contributed by atoms with Crippen molar-refractivity contribution < 1.29 is 19.2 Å². The Morgan fingerprint density at radius 3 is 2.11 bits per heavy atom. The number of rotatable bonds is 6. The number of hydrogen-bond donors (Lipinski definition) is 1. The number of nitrogens with one attached hydrogen (secondary N) is 1. The molecule has 3 rings (SSSR count). The molecule has 0 saturated heterocycles. The lowest BCUT2D eigenvalue weighted by Crippen LogP contribution is -2.14. The summed E-state index contributed by atoms with van der Waals surface area (Å²) in [6, 6.07) is 14.1. The van der Waals surface area contributed by atoms with E-state index in [0.717, 1.165) is 12.1 Å². The molecule has 0 bridgehead atoms. The number of carbonyl (C=O) groups excluding carboxylic acids is 2. The molecule has 1 amide bonds. The van der Waals surface area contributed by atoms with Crippen LogP contribution in [-0.4, -0.2) is 16.8 Å². The molecule has 0 aliphatic carbocycles. The van der Waals surface area contributed by atoms with Gasteiger partial charge in [0.05, 0.1) is 36.3 Å². The predicted octanol–water partition coefficient (Wildman–Crippen LogP) is 6.97. The topological polar surface area (TPSA) is 122 Å². The van der Waals surface area contributed by atoms with Gasteiger partial charge in [0.2, 0.25) is 0 Å². The number of nitrogens with zero attached hydrogens (tertiary/aromatic N) is 2. The molecule has 3 aromatic rings. The lowest BCUT2D eigenvalue weighted by atomic mass is 10.1. The Morgan fingerprint density at radius 2 is 1.57 bits per heavy atom. The van der Waals surface area contributed by atoms with E-state index >= 15 is 0 Å². The molecule has 35 heavy (non-hydrogen) atoms. The molecule has 12 heteroatoms. The van der Waals surface area contributed by atoms with Gasteiger partial charge in [-0.15, -0.1) is 0 Å². The van der Waals surface area contributed by atoms with Crippen LogP contribution < -0.4 is 10.1 Å². The minimum Gasteiger partial charge on any atom is -0.423 e. The van der Waals surface area contributed by atoms with Gasteiger partial charge in [-0.05, 0) is 42.0 Å². The van der Waals surface area contributed by atoms with Gasteiger partial charge in [-0.2, -0.15) is 5.26 Å². The first-order valence-electron chi connectivity index (χ1n) is 9.43. The summed E-state index contributed by atoms with van der Waals surface area (Å²) >= 11 is 23.7. The Bertz CT molecular complexity index is 1390. The molecular weight excluding hydrogens is 540 g/mol. The van der Waals surface area contributed by atoms with Gasteiger partial charge in [-0.3, -0.25) is 14.9 Å². The second-order valence-corrected chi connectivity index (χ2v) is 8.38. The Morgan fingerprint density at radius 1 is 0.943 bits per heavy atom. The quantitative estimate of drug-likeness (QED) is 0.0882. The van der Waals surface area contributed by atoms with Gasteiger partial charge in [-0.1, -0.05) is 58.5 Å². The highest BCUT2D eigenvalue weighted by Gasteiger charge is 2.18. The summed E-state index contributed by atoms with van der Waals surface area (Å²) < 4.78 is 5.28. The summed E-state index contributed by atoms with van der Waals surface area (Å²) in [5.74, 6) is -1.27. The minimum absolute atomic E-state index is 0.0744. The molecule has 0 atom stereocenters. The van der Waals surface area contributed by atoms with Crippen LogP contribution in [0.3, 0.4) is 0 Å². The first-order valence-corrected chi connectivity index (χ1v) is 10.9. The number of hydrogen-bond acceptors (Lipinski definition) is 6. The molecule has 0 spiro atoms. The lowest BCUT2D eigenvalue weighted by Gasteiger charge is -2.09. The first kappa shape index (κ1) is 26.0. The smallest absolute Gasteiger partial charge is 0.343 e. The molecule has 3 aromatic carbocycles. The van der Waals surface area contributed by atoms with E-state index in [2.05, 4.69) is 5.32 Å². The molecule has 0 fully saturated rings. The number of non-ortho nitro benzene ring substituents is 1. The molecule has 0 unspecified atom stereocenters. The molecule has 176 valence electrons. The lowest BCUT2D eigenvalue weighted by molar-refractivity contribution is -0.384. The van der Waals surface area contributed by atoms with Crippen LogP contribution in [0.2, 0.25) is 20.1 Å². The SMILES string of the molecule is N#C/C(=C\c1ccc(OC(=O)c2ccc(Cl)c(Cl)c2)cc1)C(=O)Nc1c(Cl)cc([N+](=O)[O-])cc1Cl. The zero-order valence-corrected chi connectivity index (χ0v) is 20.2. The summed E-state index contributed by atoms with van der Waals surface area (Å²) in [5, 5.41) is 22.9.